The van der Waals surface area contributed by atoms with Gasteiger partial charge in [-0.05, 0) is 57.2 Å². The van der Waals surface area contributed by atoms with E-state index >= 15 is 0 Å². The van der Waals surface area contributed by atoms with Crippen LogP contribution in [0.3, 0.4) is 0 Å². The molecule has 0 N–H and O–H groups in total. The molecule has 0 amide bonds. The summed E-state index contributed by atoms with van der Waals surface area (Å²) in [6.45, 7) is 6.09. The summed E-state index contributed by atoms with van der Waals surface area (Å²) in [5, 5.41) is 0. The van der Waals surface area contributed by atoms with Crippen molar-refractivity contribution in [1.29, 1.82) is 0 Å². The number of benzene rings is 1. The Morgan fingerprint density at radius 2 is 1.22 bits per heavy atom. The molecular formula is C21H23N3O2S. The van der Waals surface area contributed by atoms with E-state index in [2.05, 4.69) is 9.97 Å². The number of aryl methyl sites for hydroxylation is 3. The van der Waals surface area contributed by atoms with Crippen LogP contribution in [0.25, 0.3) is 0 Å². The van der Waals surface area contributed by atoms with Crippen LogP contribution < -0.4 is 0 Å². The fraction of sp³-hybridized carbons (Fsp3) is 0.238. The Balaban J connectivity index is 1.98. The van der Waals surface area contributed by atoms with Crippen molar-refractivity contribution in [2.24, 2.45) is 0 Å². The second-order valence-corrected chi connectivity index (χ2v) is 8.56. The molecule has 0 saturated carbocycles. The standard InChI is InChI=1S/C21H23N3O2S/c1-16-10-12-21(13-11-16)27(25,26)24(14-19-8-4-6-17(2)22-19)15-20-9-5-7-18(3)23-20/h4-13H,14-15H2,1-3H3. The zero-order valence-corrected chi connectivity index (χ0v) is 16.6. The Kier molecular flexibility index (Phi) is 5.68. The van der Waals surface area contributed by atoms with Crippen molar-refractivity contribution in [2.75, 3.05) is 0 Å². The molecule has 0 saturated heterocycles. The zero-order chi connectivity index (χ0) is 19.4. The van der Waals surface area contributed by atoms with E-state index in [9.17, 15) is 8.42 Å². The molecular weight excluding hydrogens is 358 g/mol. The van der Waals surface area contributed by atoms with E-state index in [-0.39, 0.29) is 18.0 Å². The molecule has 0 aliphatic heterocycles. The van der Waals surface area contributed by atoms with Crippen LogP contribution in [0.1, 0.15) is 28.3 Å². The van der Waals surface area contributed by atoms with Crippen molar-refractivity contribution in [3.8, 4) is 0 Å². The summed E-state index contributed by atoms with van der Waals surface area (Å²) >= 11 is 0. The van der Waals surface area contributed by atoms with E-state index in [1.807, 2.05) is 57.2 Å². The number of hydrogen-bond acceptors (Lipinski definition) is 4. The molecule has 0 fully saturated rings. The van der Waals surface area contributed by atoms with E-state index in [4.69, 9.17) is 0 Å². The molecule has 0 atom stereocenters. The van der Waals surface area contributed by atoms with Gasteiger partial charge in [0.15, 0.2) is 0 Å². The highest BCUT2D eigenvalue weighted by atomic mass is 32.2. The first kappa shape index (κ1) is 19.2. The van der Waals surface area contributed by atoms with Crippen LogP contribution in [0.4, 0.5) is 0 Å². The minimum Gasteiger partial charge on any atom is -0.257 e. The molecule has 3 aromatic rings. The molecule has 140 valence electrons. The molecule has 27 heavy (non-hydrogen) atoms. The van der Waals surface area contributed by atoms with Gasteiger partial charge < -0.3 is 0 Å². The third kappa shape index (κ3) is 4.78. The molecule has 0 aliphatic rings. The van der Waals surface area contributed by atoms with Crippen molar-refractivity contribution < 1.29 is 8.42 Å². The van der Waals surface area contributed by atoms with Gasteiger partial charge >= 0.3 is 0 Å². The number of rotatable bonds is 6. The van der Waals surface area contributed by atoms with Gasteiger partial charge in [-0.25, -0.2) is 8.42 Å². The van der Waals surface area contributed by atoms with Crippen molar-refractivity contribution in [3.05, 3.63) is 89.0 Å². The number of hydrogen-bond donors (Lipinski definition) is 0. The Morgan fingerprint density at radius 3 is 1.67 bits per heavy atom. The minimum absolute atomic E-state index is 0.188. The van der Waals surface area contributed by atoms with Gasteiger partial charge in [0.05, 0.1) is 29.4 Å². The second kappa shape index (κ2) is 7.98. The smallest absolute Gasteiger partial charge is 0.243 e. The van der Waals surface area contributed by atoms with E-state index in [0.717, 1.165) is 17.0 Å². The van der Waals surface area contributed by atoms with Crippen LogP contribution in [-0.2, 0) is 23.1 Å². The molecule has 0 bridgehead atoms. The van der Waals surface area contributed by atoms with Crippen LogP contribution in [-0.4, -0.2) is 22.7 Å². The highest BCUT2D eigenvalue weighted by Gasteiger charge is 2.25. The van der Waals surface area contributed by atoms with Crippen LogP contribution in [0.15, 0.2) is 65.6 Å². The quantitative estimate of drug-likeness (QED) is 0.652. The number of pyridine rings is 2. The lowest BCUT2D eigenvalue weighted by Crippen LogP contribution is -2.31. The number of sulfonamides is 1. The molecule has 0 aliphatic carbocycles. The van der Waals surface area contributed by atoms with E-state index in [1.54, 1.807) is 24.3 Å². The van der Waals surface area contributed by atoms with E-state index in [1.165, 1.54) is 4.31 Å². The highest BCUT2D eigenvalue weighted by Crippen LogP contribution is 2.21. The van der Waals surface area contributed by atoms with Crippen LogP contribution in [0, 0.1) is 20.8 Å². The van der Waals surface area contributed by atoms with Crippen LogP contribution in [0.2, 0.25) is 0 Å². The third-order valence-electron chi connectivity index (χ3n) is 4.23. The molecule has 3 rings (SSSR count). The first-order chi connectivity index (χ1) is 12.8. The number of aromatic nitrogens is 2. The van der Waals surface area contributed by atoms with Gasteiger partial charge in [0.2, 0.25) is 10.0 Å². The SMILES string of the molecule is Cc1ccc(S(=O)(=O)N(Cc2cccc(C)n2)Cc2cccc(C)n2)cc1. The molecule has 0 spiro atoms. The monoisotopic (exact) mass is 381 g/mol. The first-order valence-electron chi connectivity index (χ1n) is 8.76. The normalized spacial score (nSPS) is 11.7. The summed E-state index contributed by atoms with van der Waals surface area (Å²) in [5.41, 5.74) is 4.14. The van der Waals surface area contributed by atoms with Crippen LogP contribution >= 0.6 is 0 Å². The van der Waals surface area contributed by atoms with Crippen molar-refractivity contribution in [1.82, 2.24) is 14.3 Å². The molecule has 0 unspecified atom stereocenters. The largest absolute Gasteiger partial charge is 0.257 e. The van der Waals surface area contributed by atoms with Gasteiger partial charge in [0, 0.05) is 11.4 Å². The van der Waals surface area contributed by atoms with E-state index < -0.39 is 10.0 Å². The predicted molar refractivity (Wildman–Crippen MR) is 106 cm³/mol. The summed E-state index contributed by atoms with van der Waals surface area (Å²) in [6.07, 6.45) is 0. The second-order valence-electron chi connectivity index (χ2n) is 6.63. The fourth-order valence-corrected chi connectivity index (χ4v) is 4.20. The van der Waals surface area contributed by atoms with Gasteiger partial charge in [-0.2, -0.15) is 4.31 Å². The molecule has 2 aromatic heterocycles. The Morgan fingerprint density at radius 1 is 0.741 bits per heavy atom. The van der Waals surface area contributed by atoms with Gasteiger partial charge in [-0.3, -0.25) is 9.97 Å². The first-order valence-corrected chi connectivity index (χ1v) is 10.2. The lowest BCUT2D eigenvalue weighted by molar-refractivity contribution is 0.392. The van der Waals surface area contributed by atoms with Gasteiger partial charge in [0.1, 0.15) is 0 Å². The Labute approximate surface area is 160 Å². The van der Waals surface area contributed by atoms with Crippen molar-refractivity contribution >= 4 is 10.0 Å². The van der Waals surface area contributed by atoms with Gasteiger partial charge in [0.25, 0.3) is 0 Å². The molecule has 0 radical (unpaired) electrons. The third-order valence-corrected chi connectivity index (χ3v) is 6.03. The predicted octanol–water partition coefficient (Wildman–Crippen LogP) is 3.79. The summed E-state index contributed by atoms with van der Waals surface area (Å²) in [5.74, 6) is 0. The number of nitrogens with zero attached hydrogens (tertiary/aromatic N) is 3. The van der Waals surface area contributed by atoms with Crippen molar-refractivity contribution in [2.45, 2.75) is 38.8 Å². The van der Waals surface area contributed by atoms with Crippen molar-refractivity contribution in [3.63, 3.8) is 0 Å². The lowest BCUT2D eigenvalue weighted by Gasteiger charge is -2.22. The van der Waals surface area contributed by atoms with Gasteiger partial charge in [-0.15, -0.1) is 0 Å². The fourth-order valence-electron chi connectivity index (χ4n) is 2.82. The lowest BCUT2D eigenvalue weighted by atomic mass is 10.2. The molecule has 2 heterocycles. The maximum absolute atomic E-state index is 13.3. The maximum Gasteiger partial charge on any atom is 0.243 e. The average molecular weight is 382 g/mol. The summed E-state index contributed by atoms with van der Waals surface area (Å²) in [4.78, 5) is 9.21. The zero-order valence-electron chi connectivity index (χ0n) is 15.8. The molecule has 1 aromatic carbocycles. The Hall–Kier alpha value is -2.57. The van der Waals surface area contributed by atoms with Crippen LogP contribution in [0.5, 0.6) is 0 Å². The highest BCUT2D eigenvalue weighted by molar-refractivity contribution is 7.89. The Bertz CT molecular complexity index is 984. The van der Waals surface area contributed by atoms with E-state index in [0.29, 0.717) is 11.4 Å². The minimum atomic E-state index is -3.69. The topological polar surface area (TPSA) is 63.2 Å². The maximum atomic E-state index is 13.3. The average Bonchev–Trinajstić information content (AvgIpc) is 2.62. The molecule has 5 nitrogen and oxygen atoms in total. The summed E-state index contributed by atoms with van der Waals surface area (Å²) in [7, 11) is -3.69. The summed E-state index contributed by atoms with van der Waals surface area (Å²) < 4.78 is 28.0. The summed E-state index contributed by atoms with van der Waals surface area (Å²) in [6, 6.07) is 18.1. The molecule has 6 heteroatoms. The van der Waals surface area contributed by atoms with Gasteiger partial charge in [-0.1, -0.05) is 29.8 Å².